The van der Waals surface area contributed by atoms with Gasteiger partial charge in [-0.05, 0) is 47.9 Å². The third-order valence-electron chi connectivity index (χ3n) is 4.54. The van der Waals surface area contributed by atoms with Crippen LogP contribution in [0.25, 0.3) is 0 Å². The van der Waals surface area contributed by atoms with Crippen molar-refractivity contribution >= 4 is 11.6 Å². The Morgan fingerprint density at radius 2 is 1.79 bits per heavy atom. The van der Waals surface area contributed by atoms with Crippen molar-refractivity contribution in [3.05, 3.63) is 52.0 Å². The quantitative estimate of drug-likeness (QED) is 0.916. The fourth-order valence-electron chi connectivity index (χ4n) is 3.28. The number of methoxy groups -OCH3 is 3. The van der Waals surface area contributed by atoms with Crippen molar-refractivity contribution in [1.82, 2.24) is 5.32 Å². The van der Waals surface area contributed by atoms with Crippen LogP contribution < -0.4 is 19.5 Å². The molecule has 1 unspecified atom stereocenters. The van der Waals surface area contributed by atoms with Crippen molar-refractivity contribution in [3.63, 3.8) is 0 Å². The number of rotatable bonds is 4. The maximum absolute atomic E-state index is 6.63. The number of ether oxygens (including phenoxy) is 3. The van der Waals surface area contributed by atoms with Crippen molar-refractivity contribution in [3.8, 4) is 17.2 Å². The van der Waals surface area contributed by atoms with Gasteiger partial charge in [0.1, 0.15) is 5.75 Å². The van der Waals surface area contributed by atoms with Gasteiger partial charge in [0.2, 0.25) is 0 Å². The van der Waals surface area contributed by atoms with E-state index in [9.17, 15) is 0 Å². The van der Waals surface area contributed by atoms with E-state index in [-0.39, 0.29) is 5.92 Å². The highest BCUT2D eigenvalue weighted by Gasteiger charge is 2.26. The minimum Gasteiger partial charge on any atom is -0.497 e. The van der Waals surface area contributed by atoms with Crippen molar-refractivity contribution < 1.29 is 14.2 Å². The first-order valence-electron chi connectivity index (χ1n) is 7.97. The van der Waals surface area contributed by atoms with E-state index >= 15 is 0 Å². The molecular weight excluding hydrogens is 326 g/mol. The zero-order valence-electron chi connectivity index (χ0n) is 14.2. The minimum atomic E-state index is 0.200. The maximum Gasteiger partial charge on any atom is 0.179 e. The van der Waals surface area contributed by atoms with E-state index < -0.39 is 0 Å². The molecule has 24 heavy (non-hydrogen) atoms. The molecule has 1 atom stereocenters. The van der Waals surface area contributed by atoms with E-state index in [1.165, 1.54) is 11.1 Å². The summed E-state index contributed by atoms with van der Waals surface area (Å²) >= 11 is 6.63. The molecule has 0 amide bonds. The van der Waals surface area contributed by atoms with Gasteiger partial charge in [0.25, 0.3) is 0 Å². The summed E-state index contributed by atoms with van der Waals surface area (Å²) in [6, 6.07) is 10.2. The van der Waals surface area contributed by atoms with Gasteiger partial charge in [-0.2, -0.15) is 0 Å². The van der Waals surface area contributed by atoms with Gasteiger partial charge in [-0.25, -0.2) is 0 Å². The monoisotopic (exact) mass is 347 g/mol. The van der Waals surface area contributed by atoms with Crippen LogP contribution in [0, 0.1) is 0 Å². The molecule has 0 spiro atoms. The van der Waals surface area contributed by atoms with Crippen molar-refractivity contribution in [2.24, 2.45) is 0 Å². The lowest BCUT2D eigenvalue weighted by molar-refractivity contribution is 0.354. The Hall–Kier alpha value is -1.91. The predicted molar refractivity (Wildman–Crippen MR) is 96.0 cm³/mol. The van der Waals surface area contributed by atoms with Crippen LogP contribution in [0.15, 0.2) is 30.3 Å². The zero-order chi connectivity index (χ0) is 17.1. The lowest BCUT2D eigenvalue weighted by Gasteiger charge is -2.22. The summed E-state index contributed by atoms with van der Waals surface area (Å²) in [6.45, 7) is 1.74. The molecule has 1 aliphatic rings. The Morgan fingerprint density at radius 3 is 2.42 bits per heavy atom. The first-order valence-corrected chi connectivity index (χ1v) is 8.35. The molecule has 3 rings (SSSR count). The number of hydrogen-bond acceptors (Lipinski definition) is 4. The Labute approximate surface area is 147 Å². The zero-order valence-corrected chi connectivity index (χ0v) is 14.9. The summed E-state index contributed by atoms with van der Waals surface area (Å²) in [5.41, 5.74) is 3.53. The number of hydrogen-bond donors (Lipinski definition) is 1. The van der Waals surface area contributed by atoms with E-state index in [1.807, 2.05) is 12.1 Å². The average Bonchev–Trinajstić information content (AvgIpc) is 2.84. The smallest absolute Gasteiger partial charge is 0.179 e. The molecule has 4 nitrogen and oxygen atoms in total. The highest BCUT2D eigenvalue weighted by molar-refractivity contribution is 6.33. The Kier molecular flexibility index (Phi) is 5.17. The second kappa shape index (κ2) is 7.32. The number of halogens is 1. The first-order chi connectivity index (χ1) is 11.7. The molecule has 1 N–H and O–H groups in total. The molecule has 1 heterocycles. The van der Waals surface area contributed by atoms with Gasteiger partial charge in [-0.3, -0.25) is 0 Å². The summed E-state index contributed by atoms with van der Waals surface area (Å²) in [5.74, 6) is 2.33. The second-order valence-electron chi connectivity index (χ2n) is 5.77. The second-order valence-corrected chi connectivity index (χ2v) is 6.15. The molecule has 2 aromatic carbocycles. The number of fused-ring (bicyclic) bond motifs is 1. The number of nitrogens with one attached hydrogen (secondary N) is 1. The lowest BCUT2D eigenvalue weighted by Crippen LogP contribution is -2.20. The lowest BCUT2D eigenvalue weighted by atomic mass is 9.87. The maximum atomic E-state index is 6.63. The summed E-state index contributed by atoms with van der Waals surface area (Å²) in [5, 5.41) is 4.15. The average molecular weight is 348 g/mol. The summed E-state index contributed by atoms with van der Waals surface area (Å²) < 4.78 is 16.2. The van der Waals surface area contributed by atoms with Crippen molar-refractivity contribution in [2.75, 3.05) is 34.4 Å². The molecular formula is C19H22ClNO3. The van der Waals surface area contributed by atoms with E-state index in [2.05, 4.69) is 23.5 Å². The SMILES string of the molecule is COc1ccc(C2CNCCc3c2cc(OC)c(OC)c3Cl)cc1. The van der Waals surface area contributed by atoms with Crippen LogP contribution in [0.4, 0.5) is 0 Å². The van der Waals surface area contributed by atoms with Gasteiger partial charge < -0.3 is 19.5 Å². The highest BCUT2D eigenvalue weighted by atomic mass is 35.5. The topological polar surface area (TPSA) is 39.7 Å². The largest absolute Gasteiger partial charge is 0.497 e. The van der Waals surface area contributed by atoms with Gasteiger partial charge in [-0.15, -0.1) is 0 Å². The molecule has 0 saturated heterocycles. The van der Waals surface area contributed by atoms with Crippen LogP contribution in [0.3, 0.4) is 0 Å². The standard InChI is InChI=1S/C19H22ClNO3/c1-22-13-6-4-12(5-7-13)16-11-21-9-8-14-15(16)10-17(23-2)19(24-3)18(14)20/h4-7,10,16,21H,8-9,11H2,1-3H3. The molecule has 0 aliphatic carbocycles. The van der Waals surface area contributed by atoms with Crippen LogP contribution in [-0.2, 0) is 6.42 Å². The fraction of sp³-hybridized carbons (Fsp3) is 0.368. The first kappa shape index (κ1) is 16.9. The molecule has 128 valence electrons. The normalized spacial score (nSPS) is 16.9. The van der Waals surface area contributed by atoms with E-state index in [1.54, 1.807) is 21.3 Å². The summed E-state index contributed by atoms with van der Waals surface area (Å²) in [6.07, 6.45) is 0.862. The molecule has 1 aliphatic heterocycles. The van der Waals surface area contributed by atoms with Gasteiger partial charge in [0.05, 0.1) is 26.4 Å². The van der Waals surface area contributed by atoms with E-state index in [0.717, 1.165) is 30.8 Å². The number of benzene rings is 2. The minimum absolute atomic E-state index is 0.200. The van der Waals surface area contributed by atoms with Gasteiger partial charge in [0, 0.05) is 12.5 Å². The van der Waals surface area contributed by atoms with E-state index in [4.69, 9.17) is 25.8 Å². The molecule has 0 bridgehead atoms. The Bertz CT molecular complexity index is 716. The summed E-state index contributed by atoms with van der Waals surface area (Å²) in [7, 11) is 4.93. The van der Waals surface area contributed by atoms with Crippen LogP contribution in [0.5, 0.6) is 17.2 Å². The van der Waals surface area contributed by atoms with E-state index in [0.29, 0.717) is 16.5 Å². The Balaban J connectivity index is 2.12. The third kappa shape index (κ3) is 3.04. The molecule has 0 saturated carbocycles. The fourth-order valence-corrected chi connectivity index (χ4v) is 3.65. The predicted octanol–water partition coefficient (Wildman–Crippen LogP) is 3.64. The molecule has 5 heteroatoms. The highest BCUT2D eigenvalue weighted by Crippen LogP contribution is 2.44. The Morgan fingerprint density at radius 1 is 1.04 bits per heavy atom. The molecule has 2 aromatic rings. The van der Waals surface area contributed by atoms with Crippen LogP contribution >= 0.6 is 11.6 Å². The van der Waals surface area contributed by atoms with Crippen LogP contribution in [0.1, 0.15) is 22.6 Å². The van der Waals surface area contributed by atoms with Crippen molar-refractivity contribution in [1.29, 1.82) is 0 Å². The third-order valence-corrected chi connectivity index (χ3v) is 4.94. The van der Waals surface area contributed by atoms with Gasteiger partial charge >= 0.3 is 0 Å². The van der Waals surface area contributed by atoms with Crippen LogP contribution in [0.2, 0.25) is 5.02 Å². The molecule has 0 radical (unpaired) electrons. The van der Waals surface area contributed by atoms with Gasteiger partial charge in [-0.1, -0.05) is 23.7 Å². The molecule has 0 fully saturated rings. The summed E-state index contributed by atoms with van der Waals surface area (Å²) in [4.78, 5) is 0. The van der Waals surface area contributed by atoms with Crippen LogP contribution in [-0.4, -0.2) is 34.4 Å². The van der Waals surface area contributed by atoms with Gasteiger partial charge in [0.15, 0.2) is 11.5 Å². The van der Waals surface area contributed by atoms with Crippen molar-refractivity contribution in [2.45, 2.75) is 12.3 Å². The molecule has 0 aromatic heterocycles.